The van der Waals surface area contributed by atoms with Crippen molar-refractivity contribution >= 4 is 22.8 Å². The Kier molecular flexibility index (Phi) is 3.63. The van der Waals surface area contributed by atoms with Gasteiger partial charge >= 0.3 is 0 Å². The first kappa shape index (κ1) is 14.4. The molecule has 0 radical (unpaired) electrons. The molecule has 0 spiro atoms. The molecular formula is C16H15ClN4O2. The number of ether oxygens (including phenoxy) is 1. The van der Waals surface area contributed by atoms with E-state index in [9.17, 15) is 5.11 Å². The fourth-order valence-electron chi connectivity index (χ4n) is 2.86. The number of hydrogen-bond donors (Lipinski definition) is 1. The number of hydrogen-bond acceptors (Lipinski definition) is 5. The zero-order valence-corrected chi connectivity index (χ0v) is 13.1. The summed E-state index contributed by atoms with van der Waals surface area (Å²) < 4.78 is 7.74. The summed E-state index contributed by atoms with van der Waals surface area (Å²) in [5.41, 5.74) is 2.82. The summed E-state index contributed by atoms with van der Waals surface area (Å²) in [6.45, 7) is 0.744. The molecule has 2 aromatic heterocycles. The molecule has 1 aliphatic rings. The van der Waals surface area contributed by atoms with Crippen LogP contribution in [0.5, 0.6) is 5.75 Å². The molecule has 1 atom stereocenters. The van der Waals surface area contributed by atoms with Crippen LogP contribution in [0.3, 0.4) is 0 Å². The number of imidazole rings is 1. The van der Waals surface area contributed by atoms with Crippen molar-refractivity contribution in [3.8, 4) is 17.0 Å². The number of phenols is 1. The van der Waals surface area contributed by atoms with Crippen LogP contribution < -0.4 is 0 Å². The van der Waals surface area contributed by atoms with Crippen LogP contribution in [-0.4, -0.2) is 31.2 Å². The number of phenolic OH excluding ortho intramolecular Hbond substituents is 1. The van der Waals surface area contributed by atoms with Crippen molar-refractivity contribution in [1.82, 2.24) is 19.5 Å². The molecule has 6 nitrogen and oxygen atoms in total. The van der Waals surface area contributed by atoms with Gasteiger partial charge in [-0.1, -0.05) is 0 Å². The molecule has 1 aromatic carbocycles. The van der Waals surface area contributed by atoms with Crippen molar-refractivity contribution < 1.29 is 9.84 Å². The van der Waals surface area contributed by atoms with Crippen LogP contribution in [0.4, 0.5) is 0 Å². The van der Waals surface area contributed by atoms with Gasteiger partial charge in [-0.2, -0.15) is 4.98 Å². The summed E-state index contributed by atoms with van der Waals surface area (Å²) >= 11 is 6.12. The standard InChI is InChI=1S/C16H15ClN4O2/c17-16-19-13(10-4-6-11(22)7-5-10)14-15(20-16)21(9-18-14)12-3-1-2-8-23-12/h4-7,9,12,22H,1-3,8H2. The number of nitrogens with zero attached hydrogens (tertiary/aromatic N) is 4. The minimum atomic E-state index is -0.0626. The molecule has 0 bridgehead atoms. The zero-order chi connectivity index (χ0) is 15.8. The smallest absolute Gasteiger partial charge is 0.225 e. The van der Waals surface area contributed by atoms with Crippen LogP contribution >= 0.6 is 11.6 Å². The highest BCUT2D eigenvalue weighted by molar-refractivity contribution is 6.28. The Morgan fingerprint density at radius 2 is 2.00 bits per heavy atom. The third kappa shape index (κ3) is 2.64. The van der Waals surface area contributed by atoms with E-state index in [2.05, 4.69) is 15.0 Å². The summed E-state index contributed by atoms with van der Waals surface area (Å²) in [4.78, 5) is 13.1. The molecule has 0 aliphatic carbocycles. The van der Waals surface area contributed by atoms with E-state index in [-0.39, 0.29) is 17.3 Å². The number of fused-ring (bicyclic) bond motifs is 1. The lowest BCUT2D eigenvalue weighted by Gasteiger charge is -2.23. The maximum atomic E-state index is 9.45. The lowest BCUT2D eigenvalue weighted by Crippen LogP contribution is -2.17. The second-order valence-corrected chi connectivity index (χ2v) is 5.87. The first-order valence-electron chi connectivity index (χ1n) is 7.53. The van der Waals surface area contributed by atoms with E-state index in [1.807, 2.05) is 4.57 Å². The average Bonchev–Trinajstić information content (AvgIpc) is 2.99. The third-order valence-corrected chi connectivity index (χ3v) is 4.17. The molecule has 1 N–H and O–H groups in total. The van der Waals surface area contributed by atoms with Crippen molar-refractivity contribution in [2.75, 3.05) is 6.61 Å². The Bertz CT molecular complexity index is 841. The summed E-state index contributed by atoms with van der Waals surface area (Å²) in [5, 5.41) is 9.62. The molecule has 3 aromatic rings. The second kappa shape index (κ2) is 5.79. The second-order valence-electron chi connectivity index (χ2n) is 5.53. The quantitative estimate of drug-likeness (QED) is 0.727. The van der Waals surface area contributed by atoms with Gasteiger partial charge in [0, 0.05) is 12.2 Å². The average molecular weight is 331 g/mol. The molecule has 0 amide bonds. The monoisotopic (exact) mass is 330 g/mol. The number of aromatic hydroxyl groups is 1. The van der Waals surface area contributed by atoms with E-state index in [1.54, 1.807) is 30.6 Å². The fraction of sp³-hybridized carbons (Fsp3) is 0.312. The minimum Gasteiger partial charge on any atom is -0.508 e. The summed E-state index contributed by atoms with van der Waals surface area (Å²) in [6.07, 6.45) is 4.80. The summed E-state index contributed by atoms with van der Waals surface area (Å²) in [5.74, 6) is 0.200. The Morgan fingerprint density at radius 3 is 2.74 bits per heavy atom. The van der Waals surface area contributed by atoms with Crippen LogP contribution in [0.15, 0.2) is 30.6 Å². The van der Waals surface area contributed by atoms with Gasteiger partial charge in [-0.3, -0.25) is 4.57 Å². The van der Waals surface area contributed by atoms with Crippen molar-refractivity contribution in [3.05, 3.63) is 35.9 Å². The normalized spacial score (nSPS) is 18.4. The van der Waals surface area contributed by atoms with Crippen LogP contribution in [0.1, 0.15) is 25.5 Å². The van der Waals surface area contributed by atoms with Crippen LogP contribution in [0, 0.1) is 0 Å². The predicted octanol–water partition coefficient (Wildman–Crippen LogP) is 3.55. The number of halogens is 1. The molecule has 7 heteroatoms. The minimum absolute atomic E-state index is 0.0626. The van der Waals surface area contributed by atoms with Gasteiger partial charge in [0.25, 0.3) is 0 Å². The van der Waals surface area contributed by atoms with Gasteiger partial charge in [0.2, 0.25) is 5.28 Å². The van der Waals surface area contributed by atoms with Crippen molar-refractivity contribution in [2.45, 2.75) is 25.5 Å². The van der Waals surface area contributed by atoms with E-state index in [0.29, 0.717) is 16.9 Å². The van der Waals surface area contributed by atoms with Crippen LogP contribution in [0.25, 0.3) is 22.4 Å². The van der Waals surface area contributed by atoms with Crippen molar-refractivity contribution in [1.29, 1.82) is 0 Å². The first-order chi connectivity index (χ1) is 11.2. The van der Waals surface area contributed by atoms with Gasteiger partial charge in [-0.25, -0.2) is 9.97 Å². The van der Waals surface area contributed by atoms with Crippen molar-refractivity contribution in [3.63, 3.8) is 0 Å². The Morgan fingerprint density at radius 1 is 1.17 bits per heavy atom. The highest BCUT2D eigenvalue weighted by Gasteiger charge is 2.21. The Balaban J connectivity index is 1.86. The lowest BCUT2D eigenvalue weighted by molar-refractivity contribution is -0.0298. The molecule has 1 aliphatic heterocycles. The highest BCUT2D eigenvalue weighted by Crippen LogP contribution is 2.31. The van der Waals surface area contributed by atoms with E-state index in [4.69, 9.17) is 16.3 Å². The van der Waals surface area contributed by atoms with Gasteiger partial charge in [0.05, 0.1) is 6.33 Å². The first-order valence-corrected chi connectivity index (χ1v) is 7.91. The lowest BCUT2D eigenvalue weighted by atomic mass is 10.1. The van der Waals surface area contributed by atoms with Gasteiger partial charge in [-0.05, 0) is 55.1 Å². The summed E-state index contributed by atoms with van der Waals surface area (Å²) in [7, 11) is 0. The maximum absolute atomic E-state index is 9.45. The molecule has 0 saturated carbocycles. The van der Waals surface area contributed by atoms with E-state index in [0.717, 1.165) is 31.4 Å². The number of aromatic nitrogens is 4. The maximum Gasteiger partial charge on any atom is 0.225 e. The van der Waals surface area contributed by atoms with Crippen LogP contribution in [0.2, 0.25) is 5.28 Å². The van der Waals surface area contributed by atoms with E-state index in [1.165, 1.54) is 0 Å². The van der Waals surface area contributed by atoms with Gasteiger partial charge in [0.15, 0.2) is 5.65 Å². The predicted molar refractivity (Wildman–Crippen MR) is 86.3 cm³/mol. The Hall–Kier alpha value is -2.18. The zero-order valence-electron chi connectivity index (χ0n) is 12.3. The largest absolute Gasteiger partial charge is 0.508 e. The topological polar surface area (TPSA) is 73.1 Å². The number of benzene rings is 1. The molecule has 1 saturated heterocycles. The SMILES string of the molecule is Oc1ccc(-c2nc(Cl)nc3c2ncn3C2CCCCO2)cc1. The fourth-order valence-corrected chi connectivity index (χ4v) is 3.03. The van der Waals surface area contributed by atoms with E-state index < -0.39 is 0 Å². The molecule has 1 unspecified atom stereocenters. The molecule has 23 heavy (non-hydrogen) atoms. The highest BCUT2D eigenvalue weighted by atomic mass is 35.5. The molecule has 118 valence electrons. The van der Waals surface area contributed by atoms with Gasteiger partial charge < -0.3 is 9.84 Å². The number of rotatable bonds is 2. The van der Waals surface area contributed by atoms with E-state index >= 15 is 0 Å². The third-order valence-electron chi connectivity index (χ3n) is 4.00. The Labute approximate surface area is 137 Å². The molecule has 4 rings (SSSR count). The van der Waals surface area contributed by atoms with Gasteiger partial charge in [-0.15, -0.1) is 0 Å². The summed E-state index contributed by atoms with van der Waals surface area (Å²) in [6, 6.07) is 6.78. The van der Waals surface area contributed by atoms with Crippen LogP contribution in [-0.2, 0) is 4.74 Å². The van der Waals surface area contributed by atoms with Crippen molar-refractivity contribution in [2.24, 2.45) is 0 Å². The molecular weight excluding hydrogens is 316 g/mol. The molecule has 1 fully saturated rings. The van der Waals surface area contributed by atoms with Gasteiger partial charge in [0.1, 0.15) is 23.2 Å². The molecule has 3 heterocycles.